The Morgan fingerprint density at radius 1 is 1.38 bits per heavy atom. The lowest BCUT2D eigenvalue weighted by atomic mass is 10.0. The summed E-state index contributed by atoms with van der Waals surface area (Å²) in [5.41, 5.74) is 7.41. The molecule has 0 aliphatic carbocycles. The van der Waals surface area contributed by atoms with Crippen LogP contribution < -0.4 is 21.3 Å². The van der Waals surface area contributed by atoms with E-state index in [1.165, 1.54) is 0 Å². The van der Waals surface area contributed by atoms with E-state index in [-0.39, 0.29) is 23.9 Å². The predicted molar refractivity (Wildman–Crippen MR) is 83.2 cm³/mol. The van der Waals surface area contributed by atoms with E-state index < -0.39 is 0 Å². The SMILES string of the molecule is CC(C)C(N)CC(=O)Nc1ccc(N2CCNC2=O)cc1. The molecule has 21 heavy (non-hydrogen) atoms. The van der Waals surface area contributed by atoms with Crippen LogP contribution in [0, 0.1) is 5.92 Å². The van der Waals surface area contributed by atoms with E-state index in [2.05, 4.69) is 10.6 Å². The molecule has 114 valence electrons. The zero-order valence-electron chi connectivity index (χ0n) is 12.4. The molecule has 1 fully saturated rings. The van der Waals surface area contributed by atoms with Crippen LogP contribution in [0.4, 0.5) is 16.2 Å². The summed E-state index contributed by atoms with van der Waals surface area (Å²) >= 11 is 0. The number of benzene rings is 1. The lowest BCUT2D eigenvalue weighted by molar-refractivity contribution is -0.116. The van der Waals surface area contributed by atoms with Crippen molar-refractivity contribution in [3.8, 4) is 0 Å². The van der Waals surface area contributed by atoms with Gasteiger partial charge < -0.3 is 16.4 Å². The molecule has 1 aliphatic rings. The average Bonchev–Trinajstić information content (AvgIpc) is 2.85. The topological polar surface area (TPSA) is 87.5 Å². The molecule has 1 saturated heterocycles. The summed E-state index contributed by atoms with van der Waals surface area (Å²) in [6.45, 7) is 5.31. The number of nitrogens with one attached hydrogen (secondary N) is 2. The highest BCUT2D eigenvalue weighted by atomic mass is 16.2. The van der Waals surface area contributed by atoms with Crippen LogP contribution >= 0.6 is 0 Å². The summed E-state index contributed by atoms with van der Waals surface area (Å²) in [4.78, 5) is 25.1. The van der Waals surface area contributed by atoms with Gasteiger partial charge in [0.25, 0.3) is 0 Å². The summed E-state index contributed by atoms with van der Waals surface area (Å²) in [6, 6.07) is 7.00. The number of carbonyl (C=O) groups excluding carboxylic acids is 2. The maximum absolute atomic E-state index is 11.9. The van der Waals surface area contributed by atoms with Crippen LogP contribution in [-0.2, 0) is 4.79 Å². The Morgan fingerprint density at radius 3 is 2.57 bits per heavy atom. The van der Waals surface area contributed by atoms with Crippen LogP contribution in [0.3, 0.4) is 0 Å². The number of amides is 3. The second-order valence-electron chi connectivity index (χ2n) is 5.59. The van der Waals surface area contributed by atoms with Gasteiger partial charge in [-0.25, -0.2) is 4.79 Å². The van der Waals surface area contributed by atoms with Gasteiger partial charge in [-0.15, -0.1) is 0 Å². The molecule has 2 rings (SSSR count). The lowest BCUT2D eigenvalue weighted by Crippen LogP contribution is -2.31. The normalized spacial score (nSPS) is 16.0. The first-order chi connectivity index (χ1) is 9.97. The largest absolute Gasteiger partial charge is 0.336 e. The minimum absolute atomic E-state index is 0.0882. The molecule has 0 radical (unpaired) electrons. The quantitative estimate of drug-likeness (QED) is 0.768. The molecular weight excluding hydrogens is 268 g/mol. The van der Waals surface area contributed by atoms with E-state index in [1.54, 1.807) is 17.0 Å². The smallest absolute Gasteiger partial charge is 0.321 e. The minimum Gasteiger partial charge on any atom is -0.336 e. The van der Waals surface area contributed by atoms with Crippen molar-refractivity contribution in [2.45, 2.75) is 26.3 Å². The maximum Gasteiger partial charge on any atom is 0.321 e. The molecule has 1 aromatic rings. The second-order valence-corrected chi connectivity index (χ2v) is 5.59. The fraction of sp³-hybridized carbons (Fsp3) is 0.467. The fourth-order valence-electron chi connectivity index (χ4n) is 2.10. The molecule has 6 heteroatoms. The summed E-state index contributed by atoms with van der Waals surface area (Å²) in [7, 11) is 0. The summed E-state index contributed by atoms with van der Waals surface area (Å²) < 4.78 is 0. The molecular formula is C15H22N4O2. The first kappa shape index (κ1) is 15.3. The molecule has 1 aromatic carbocycles. The fourth-order valence-corrected chi connectivity index (χ4v) is 2.10. The van der Waals surface area contributed by atoms with Crippen LogP contribution in [0.25, 0.3) is 0 Å². The monoisotopic (exact) mass is 290 g/mol. The highest BCUT2D eigenvalue weighted by Gasteiger charge is 2.20. The molecule has 1 atom stereocenters. The summed E-state index contributed by atoms with van der Waals surface area (Å²) in [5.74, 6) is 0.176. The molecule has 1 unspecified atom stereocenters. The van der Waals surface area contributed by atoms with E-state index in [0.29, 0.717) is 25.2 Å². The third-order valence-corrected chi connectivity index (χ3v) is 3.60. The molecule has 1 aliphatic heterocycles. The van der Waals surface area contributed by atoms with Gasteiger partial charge in [0.2, 0.25) is 5.91 Å². The number of urea groups is 1. The average molecular weight is 290 g/mol. The molecule has 3 amide bonds. The number of rotatable bonds is 5. The number of hydrogen-bond acceptors (Lipinski definition) is 3. The molecule has 0 aromatic heterocycles. The van der Waals surface area contributed by atoms with Crippen molar-refractivity contribution in [3.05, 3.63) is 24.3 Å². The Hall–Kier alpha value is -2.08. The minimum atomic E-state index is -0.141. The predicted octanol–water partition coefficient (Wildman–Crippen LogP) is 1.53. The van der Waals surface area contributed by atoms with Gasteiger partial charge in [-0.05, 0) is 30.2 Å². The van der Waals surface area contributed by atoms with E-state index in [1.807, 2.05) is 26.0 Å². The second kappa shape index (κ2) is 6.58. The zero-order valence-corrected chi connectivity index (χ0v) is 12.4. The molecule has 1 heterocycles. The number of carbonyl (C=O) groups is 2. The van der Waals surface area contributed by atoms with Gasteiger partial charge >= 0.3 is 6.03 Å². The Kier molecular flexibility index (Phi) is 4.80. The van der Waals surface area contributed by atoms with Crippen molar-refractivity contribution >= 4 is 23.3 Å². The molecule has 0 saturated carbocycles. The van der Waals surface area contributed by atoms with Gasteiger partial charge in [-0.3, -0.25) is 9.69 Å². The molecule has 4 N–H and O–H groups in total. The van der Waals surface area contributed by atoms with Gasteiger partial charge in [0.1, 0.15) is 0 Å². The van der Waals surface area contributed by atoms with Crippen molar-refractivity contribution in [2.24, 2.45) is 11.7 Å². The molecule has 0 spiro atoms. The maximum atomic E-state index is 11.9. The Balaban J connectivity index is 1.93. The van der Waals surface area contributed by atoms with Crippen molar-refractivity contribution < 1.29 is 9.59 Å². The highest BCUT2D eigenvalue weighted by Crippen LogP contribution is 2.19. The van der Waals surface area contributed by atoms with Crippen molar-refractivity contribution in [1.82, 2.24) is 5.32 Å². The van der Waals surface area contributed by atoms with E-state index in [9.17, 15) is 9.59 Å². The van der Waals surface area contributed by atoms with Crippen LogP contribution in [0.2, 0.25) is 0 Å². The molecule has 0 bridgehead atoms. The third kappa shape index (κ3) is 3.95. The van der Waals surface area contributed by atoms with Crippen LogP contribution in [-0.4, -0.2) is 31.1 Å². The first-order valence-electron chi connectivity index (χ1n) is 7.18. The number of hydrogen-bond donors (Lipinski definition) is 3. The van der Waals surface area contributed by atoms with Crippen molar-refractivity contribution in [3.63, 3.8) is 0 Å². The van der Waals surface area contributed by atoms with E-state index in [4.69, 9.17) is 5.73 Å². The van der Waals surface area contributed by atoms with Crippen LogP contribution in [0.15, 0.2) is 24.3 Å². The summed E-state index contributed by atoms with van der Waals surface area (Å²) in [5, 5.41) is 5.57. The number of anilines is 2. The van der Waals surface area contributed by atoms with Gasteiger partial charge in [0.15, 0.2) is 0 Å². The molecule has 6 nitrogen and oxygen atoms in total. The first-order valence-corrected chi connectivity index (χ1v) is 7.18. The highest BCUT2D eigenvalue weighted by molar-refractivity contribution is 5.95. The van der Waals surface area contributed by atoms with Gasteiger partial charge in [-0.2, -0.15) is 0 Å². The van der Waals surface area contributed by atoms with E-state index in [0.717, 1.165) is 5.69 Å². The van der Waals surface area contributed by atoms with Crippen molar-refractivity contribution in [2.75, 3.05) is 23.3 Å². The van der Waals surface area contributed by atoms with Crippen LogP contribution in [0.1, 0.15) is 20.3 Å². The van der Waals surface area contributed by atoms with Gasteiger partial charge in [0, 0.05) is 36.9 Å². The van der Waals surface area contributed by atoms with Crippen molar-refractivity contribution in [1.29, 1.82) is 0 Å². The third-order valence-electron chi connectivity index (χ3n) is 3.60. The Bertz CT molecular complexity index is 513. The zero-order chi connectivity index (χ0) is 15.4. The standard InChI is InChI=1S/C15H22N4O2/c1-10(2)13(16)9-14(20)18-11-3-5-12(6-4-11)19-8-7-17-15(19)21/h3-6,10,13H,7-9,16H2,1-2H3,(H,17,21)(H,18,20). The Labute approximate surface area is 124 Å². The number of nitrogens with two attached hydrogens (primary N) is 1. The number of nitrogens with zero attached hydrogens (tertiary/aromatic N) is 1. The van der Waals surface area contributed by atoms with E-state index >= 15 is 0 Å². The lowest BCUT2D eigenvalue weighted by Gasteiger charge is -2.16. The van der Waals surface area contributed by atoms with Gasteiger partial charge in [-0.1, -0.05) is 13.8 Å². The Morgan fingerprint density at radius 2 is 2.05 bits per heavy atom. The van der Waals surface area contributed by atoms with Crippen LogP contribution in [0.5, 0.6) is 0 Å². The summed E-state index contributed by atoms with van der Waals surface area (Å²) in [6.07, 6.45) is 0.300. The van der Waals surface area contributed by atoms with Gasteiger partial charge in [0.05, 0.1) is 0 Å².